The van der Waals surface area contributed by atoms with Gasteiger partial charge in [0.25, 0.3) is 0 Å². The monoisotopic (exact) mass is 437 g/mol. The first-order chi connectivity index (χ1) is 15.0. The van der Waals surface area contributed by atoms with E-state index in [-0.39, 0.29) is 24.0 Å². The molecule has 0 aliphatic carbocycles. The van der Waals surface area contributed by atoms with Gasteiger partial charge < -0.3 is 15.2 Å². The molecule has 7 nitrogen and oxygen atoms in total. The molecular weight excluding hydrogens is 410 g/mol. The molecule has 2 N–H and O–H groups in total. The lowest BCUT2D eigenvalue weighted by Gasteiger charge is -2.09. The van der Waals surface area contributed by atoms with Crippen LogP contribution in [0.5, 0.6) is 0 Å². The minimum Gasteiger partial charge on any atom is -0.325 e. The van der Waals surface area contributed by atoms with E-state index < -0.39 is 0 Å². The van der Waals surface area contributed by atoms with Gasteiger partial charge in [-0.25, -0.2) is 0 Å². The molecule has 0 saturated heterocycles. The molecule has 2 aromatic carbocycles. The maximum Gasteiger partial charge on any atom is 0.234 e. The van der Waals surface area contributed by atoms with Crippen molar-refractivity contribution in [2.75, 3.05) is 16.4 Å². The van der Waals surface area contributed by atoms with E-state index in [4.69, 9.17) is 0 Å². The predicted octanol–water partition coefficient (Wildman–Crippen LogP) is 3.85. The number of rotatable bonds is 9. The van der Waals surface area contributed by atoms with E-state index in [0.717, 1.165) is 29.8 Å². The van der Waals surface area contributed by atoms with Crippen LogP contribution in [0, 0.1) is 0 Å². The lowest BCUT2D eigenvalue weighted by atomic mass is 10.1. The second kappa shape index (κ2) is 10.8. The highest BCUT2D eigenvalue weighted by Gasteiger charge is 2.15. The molecule has 8 heteroatoms. The van der Waals surface area contributed by atoms with Crippen molar-refractivity contribution in [1.82, 2.24) is 14.8 Å². The first-order valence-corrected chi connectivity index (χ1v) is 11.3. The second-order valence-electron chi connectivity index (χ2n) is 7.08. The van der Waals surface area contributed by atoms with E-state index in [1.807, 2.05) is 55.5 Å². The van der Waals surface area contributed by atoms with Crippen LogP contribution in [0.25, 0.3) is 0 Å². The predicted molar refractivity (Wildman–Crippen MR) is 124 cm³/mol. The summed E-state index contributed by atoms with van der Waals surface area (Å²) in [6.45, 7) is 4.14. The molecule has 162 valence electrons. The average Bonchev–Trinajstić information content (AvgIpc) is 3.12. The lowest BCUT2D eigenvalue weighted by Crippen LogP contribution is -2.18. The Hall–Kier alpha value is -3.13. The Morgan fingerprint density at radius 3 is 2.39 bits per heavy atom. The van der Waals surface area contributed by atoms with E-state index >= 15 is 0 Å². The lowest BCUT2D eigenvalue weighted by molar-refractivity contribution is -0.116. The van der Waals surface area contributed by atoms with Gasteiger partial charge in [-0.3, -0.25) is 9.59 Å². The Kier molecular flexibility index (Phi) is 7.83. The van der Waals surface area contributed by atoms with E-state index in [9.17, 15) is 9.59 Å². The molecular formula is C23H27N5O2S. The number of para-hydroxylation sites is 1. The average molecular weight is 438 g/mol. The van der Waals surface area contributed by atoms with Crippen LogP contribution in [0.15, 0.2) is 53.7 Å². The maximum absolute atomic E-state index is 12.5. The van der Waals surface area contributed by atoms with Crippen LogP contribution in [0.3, 0.4) is 0 Å². The van der Waals surface area contributed by atoms with Crippen molar-refractivity contribution in [2.45, 2.75) is 38.3 Å². The Bertz CT molecular complexity index is 1050. The Morgan fingerprint density at radius 2 is 1.68 bits per heavy atom. The zero-order valence-corrected chi connectivity index (χ0v) is 18.8. The van der Waals surface area contributed by atoms with E-state index in [0.29, 0.717) is 11.0 Å². The largest absolute Gasteiger partial charge is 0.325 e. The first kappa shape index (κ1) is 22.6. The smallest absolute Gasteiger partial charge is 0.234 e. The number of nitrogens with zero attached hydrogens (tertiary/aromatic N) is 3. The molecule has 0 radical (unpaired) electrons. The highest BCUT2D eigenvalue weighted by Crippen LogP contribution is 2.19. The SMILES string of the molecule is CCc1ccc(NC(=O)CSc2nnc(CC(=O)Nc3ccccc3CC)n2C)cc1. The Morgan fingerprint density at radius 1 is 0.935 bits per heavy atom. The molecule has 0 aliphatic rings. The van der Waals surface area contributed by atoms with Gasteiger partial charge in [0.15, 0.2) is 5.16 Å². The molecule has 3 aromatic rings. The number of aryl methyl sites for hydroxylation is 2. The molecule has 0 saturated carbocycles. The normalized spacial score (nSPS) is 10.7. The zero-order chi connectivity index (χ0) is 22.2. The Labute approximate surface area is 186 Å². The van der Waals surface area contributed by atoms with Crippen molar-refractivity contribution in [3.8, 4) is 0 Å². The summed E-state index contributed by atoms with van der Waals surface area (Å²) in [5.41, 5.74) is 3.89. The summed E-state index contributed by atoms with van der Waals surface area (Å²) < 4.78 is 1.75. The third-order valence-electron chi connectivity index (χ3n) is 4.89. The van der Waals surface area contributed by atoms with Gasteiger partial charge in [-0.05, 0) is 42.2 Å². The van der Waals surface area contributed by atoms with Crippen LogP contribution in [0.1, 0.15) is 30.8 Å². The molecule has 3 rings (SSSR count). The van der Waals surface area contributed by atoms with Crippen LogP contribution in [0.2, 0.25) is 0 Å². The van der Waals surface area contributed by atoms with Crippen molar-refractivity contribution in [1.29, 1.82) is 0 Å². The van der Waals surface area contributed by atoms with Gasteiger partial charge in [-0.1, -0.05) is 55.9 Å². The summed E-state index contributed by atoms with van der Waals surface area (Å²) in [5.74, 6) is 0.482. The highest BCUT2D eigenvalue weighted by molar-refractivity contribution is 7.99. The number of hydrogen-bond donors (Lipinski definition) is 2. The fraction of sp³-hybridized carbons (Fsp3) is 0.304. The van der Waals surface area contributed by atoms with Gasteiger partial charge in [0, 0.05) is 18.4 Å². The third kappa shape index (κ3) is 6.18. The fourth-order valence-corrected chi connectivity index (χ4v) is 3.79. The van der Waals surface area contributed by atoms with Gasteiger partial charge in [-0.2, -0.15) is 0 Å². The van der Waals surface area contributed by atoms with Gasteiger partial charge in [-0.15, -0.1) is 10.2 Å². The van der Waals surface area contributed by atoms with Crippen molar-refractivity contribution < 1.29 is 9.59 Å². The van der Waals surface area contributed by atoms with E-state index in [2.05, 4.69) is 27.8 Å². The van der Waals surface area contributed by atoms with Crippen molar-refractivity contribution in [3.63, 3.8) is 0 Å². The molecule has 2 amide bonds. The van der Waals surface area contributed by atoms with Crippen LogP contribution >= 0.6 is 11.8 Å². The topological polar surface area (TPSA) is 88.9 Å². The number of anilines is 2. The number of aromatic nitrogens is 3. The number of thioether (sulfide) groups is 1. The molecule has 0 aliphatic heterocycles. The molecule has 0 unspecified atom stereocenters. The molecule has 0 spiro atoms. The van der Waals surface area contributed by atoms with Gasteiger partial charge >= 0.3 is 0 Å². The van der Waals surface area contributed by atoms with Crippen molar-refractivity contribution >= 4 is 35.0 Å². The molecule has 0 fully saturated rings. The number of carbonyl (C=O) groups is 2. The quantitative estimate of drug-likeness (QED) is 0.497. The second-order valence-corrected chi connectivity index (χ2v) is 8.02. The van der Waals surface area contributed by atoms with Gasteiger partial charge in [0.1, 0.15) is 5.82 Å². The standard InChI is InChI=1S/C23H27N5O2S/c1-4-16-10-12-18(13-11-16)24-22(30)15-31-23-27-26-20(28(23)3)14-21(29)25-19-9-7-6-8-17(19)5-2/h6-13H,4-5,14-15H2,1-3H3,(H,24,30)(H,25,29). The van der Waals surface area contributed by atoms with Crippen LogP contribution in [-0.4, -0.2) is 32.3 Å². The Balaban J connectivity index is 1.53. The first-order valence-electron chi connectivity index (χ1n) is 10.3. The third-order valence-corrected chi connectivity index (χ3v) is 5.91. The summed E-state index contributed by atoms with van der Waals surface area (Å²) in [6, 6.07) is 15.5. The van der Waals surface area contributed by atoms with E-state index in [1.54, 1.807) is 11.6 Å². The summed E-state index contributed by atoms with van der Waals surface area (Å²) in [7, 11) is 1.80. The summed E-state index contributed by atoms with van der Waals surface area (Å²) in [6.07, 6.45) is 1.91. The van der Waals surface area contributed by atoms with Gasteiger partial charge in [0.05, 0.1) is 12.2 Å². The summed E-state index contributed by atoms with van der Waals surface area (Å²) >= 11 is 1.29. The molecule has 0 atom stereocenters. The highest BCUT2D eigenvalue weighted by atomic mass is 32.2. The molecule has 1 aromatic heterocycles. The number of carbonyl (C=O) groups excluding carboxylic acids is 2. The summed E-state index contributed by atoms with van der Waals surface area (Å²) in [5, 5.41) is 14.7. The van der Waals surface area contributed by atoms with Gasteiger partial charge in [0.2, 0.25) is 11.8 Å². The molecule has 1 heterocycles. The number of hydrogen-bond acceptors (Lipinski definition) is 5. The van der Waals surface area contributed by atoms with Crippen LogP contribution < -0.4 is 10.6 Å². The maximum atomic E-state index is 12.5. The van der Waals surface area contributed by atoms with E-state index in [1.165, 1.54) is 17.3 Å². The minimum absolute atomic E-state index is 0.109. The van der Waals surface area contributed by atoms with Crippen LogP contribution in [-0.2, 0) is 35.9 Å². The van der Waals surface area contributed by atoms with Crippen LogP contribution in [0.4, 0.5) is 11.4 Å². The number of benzene rings is 2. The number of nitrogens with one attached hydrogen (secondary N) is 2. The molecule has 31 heavy (non-hydrogen) atoms. The fourth-order valence-electron chi connectivity index (χ4n) is 3.06. The van der Waals surface area contributed by atoms with Crippen molar-refractivity contribution in [2.24, 2.45) is 7.05 Å². The number of amides is 2. The zero-order valence-electron chi connectivity index (χ0n) is 18.0. The van der Waals surface area contributed by atoms with Crippen molar-refractivity contribution in [3.05, 3.63) is 65.5 Å². The summed E-state index contributed by atoms with van der Waals surface area (Å²) in [4.78, 5) is 24.7. The molecule has 0 bridgehead atoms. The minimum atomic E-state index is -0.152.